The second-order valence-corrected chi connectivity index (χ2v) is 4.34. The molecule has 2 N–H and O–H groups in total. The van der Waals surface area contributed by atoms with Crippen molar-refractivity contribution in [3.8, 4) is 0 Å². The molecule has 4 nitrogen and oxygen atoms in total. The molecule has 0 bridgehead atoms. The Morgan fingerprint density at radius 2 is 2.18 bits per heavy atom. The van der Waals surface area contributed by atoms with Gasteiger partial charge in [0.15, 0.2) is 0 Å². The van der Waals surface area contributed by atoms with Crippen molar-refractivity contribution in [2.24, 2.45) is 5.92 Å². The average Bonchev–Trinajstić information content (AvgIpc) is 2.86. The van der Waals surface area contributed by atoms with E-state index in [0.29, 0.717) is 19.6 Å². The topological polar surface area (TPSA) is 58.6 Å². The first kappa shape index (κ1) is 12.1. The lowest BCUT2D eigenvalue weighted by atomic mass is 10.1. The third-order valence-electron chi connectivity index (χ3n) is 2.99. The molecule has 0 aliphatic carbocycles. The maximum absolute atomic E-state index is 11.7. The zero-order valence-corrected chi connectivity index (χ0v) is 9.63. The van der Waals surface area contributed by atoms with Gasteiger partial charge in [0.05, 0.1) is 0 Å². The molecule has 0 spiro atoms. The Morgan fingerprint density at radius 1 is 1.41 bits per heavy atom. The molecule has 17 heavy (non-hydrogen) atoms. The maximum atomic E-state index is 11.7. The molecule has 1 saturated heterocycles. The Kier molecular flexibility index (Phi) is 4.12. The third kappa shape index (κ3) is 3.28. The Balaban J connectivity index is 1.78. The summed E-state index contributed by atoms with van der Waals surface area (Å²) in [5.74, 6) is -0.0610. The Bertz CT molecular complexity index is 366. The van der Waals surface area contributed by atoms with Crippen molar-refractivity contribution in [3.63, 3.8) is 0 Å². The van der Waals surface area contributed by atoms with Gasteiger partial charge in [0.2, 0.25) is 0 Å². The van der Waals surface area contributed by atoms with E-state index in [-0.39, 0.29) is 24.5 Å². The molecule has 1 aromatic rings. The summed E-state index contributed by atoms with van der Waals surface area (Å²) in [5.41, 5.74) is 0.984. The van der Waals surface area contributed by atoms with Crippen LogP contribution >= 0.6 is 0 Å². The number of benzene rings is 1. The predicted octanol–water partition coefficient (Wildman–Crippen LogP) is 0.700. The van der Waals surface area contributed by atoms with Crippen molar-refractivity contribution in [2.75, 3.05) is 13.2 Å². The summed E-state index contributed by atoms with van der Waals surface area (Å²) in [5, 5.41) is 12.0. The first-order valence-electron chi connectivity index (χ1n) is 5.84. The van der Waals surface area contributed by atoms with Gasteiger partial charge in [-0.1, -0.05) is 30.3 Å². The predicted molar refractivity (Wildman–Crippen MR) is 63.2 cm³/mol. The number of hydrogen-bond donors (Lipinski definition) is 2. The van der Waals surface area contributed by atoms with E-state index < -0.39 is 0 Å². The van der Waals surface area contributed by atoms with Crippen LogP contribution in [0.15, 0.2) is 30.3 Å². The minimum absolute atomic E-state index is 0.121. The second-order valence-electron chi connectivity index (χ2n) is 4.34. The van der Waals surface area contributed by atoms with Crippen LogP contribution in [0, 0.1) is 5.92 Å². The van der Waals surface area contributed by atoms with Crippen LogP contribution in [0.3, 0.4) is 0 Å². The molecule has 0 saturated carbocycles. The fourth-order valence-corrected chi connectivity index (χ4v) is 1.96. The smallest absolute Gasteiger partial charge is 0.323 e. The van der Waals surface area contributed by atoms with E-state index in [1.165, 1.54) is 0 Å². The zero-order valence-electron chi connectivity index (χ0n) is 9.63. The van der Waals surface area contributed by atoms with Gasteiger partial charge >= 0.3 is 5.97 Å². The van der Waals surface area contributed by atoms with E-state index in [2.05, 4.69) is 5.32 Å². The Labute approximate surface area is 101 Å². The minimum Gasteiger partial charge on any atom is -0.460 e. The molecule has 4 heteroatoms. The van der Waals surface area contributed by atoms with Crippen LogP contribution < -0.4 is 5.32 Å². The summed E-state index contributed by atoms with van der Waals surface area (Å²) in [6, 6.07) is 9.33. The second kappa shape index (κ2) is 5.80. The molecule has 92 valence electrons. The van der Waals surface area contributed by atoms with Crippen LogP contribution in [-0.4, -0.2) is 30.3 Å². The van der Waals surface area contributed by atoms with Gasteiger partial charge < -0.3 is 15.2 Å². The summed E-state index contributed by atoms with van der Waals surface area (Å²) in [7, 11) is 0. The molecule has 0 aromatic heterocycles. The first-order valence-corrected chi connectivity index (χ1v) is 5.84. The van der Waals surface area contributed by atoms with Gasteiger partial charge in [0, 0.05) is 13.2 Å². The summed E-state index contributed by atoms with van der Waals surface area (Å²) in [6.45, 7) is 1.11. The van der Waals surface area contributed by atoms with Crippen LogP contribution in [-0.2, 0) is 16.1 Å². The molecule has 0 amide bonds. The summed E-state index contributed by atoms with van der Waals surface area (Å²) >= 11 is 0. The summed E-state index contributed by atoms with van der Waals surface area (Å²) in [4.78, 5) is 11.7. The van der Waals surface area contributed by atoms with Crippen LogP contribution in [0.5, 0.6) is 0 Å². The van der Waals surface area contributed by atoms with E-state index in [1.54, 1.807) is 0 Å². The van der Waals surface area contributed by atoms with Gasteiger partial charge in [-0.2, -0.15) is 0 Å². The van der Waals surface area contributed by atoms with Gasteiger partial charge in [-0.25, -0.2) is 0 Å². The molecular formula is C13H17NO3. The van der Waals surface area contributed by atoms with Gasteiger partial charge in [-0.05, 0) is 17.9 Å². The third-order valence-corrected chi connectivity index (χ3v) is 2.99. The number of aliphatic hydroxyl groups is 1. The van der Waals surface area contributed by atoms with E-state index in [4.69, 9.17) is 9.84 Å². The SMILES string of the molecule is O=C(OCc1ccccc1)C1CC(CO)CN1. The number of nitrogens with one attached hydrogen (secondary N) is 1. The van der Waals surface area contributed by atoms with E-state index in [0.717, 1.165) is 5.56 Å². The summed E-state index contributed by atoms with van der Waals surface area (Å²) < 4.78 is 5.22. The lowest BCUT2D eigenvalue weighted by Gasteiger charge is -2.10. The number of ether oxygens (including phenoxy) is 1. The normalized spacial score (nSPS) is 23.6. The lowest BCUT2D eigenvalue weighted by Crippen LogP contribution is -2.32. The van der Waals surface area contributed by atoms with Gasteiger partial charge in [-0.15, -0.1) is 0 Å². The lowest BCUT2D eigenvalue weighted by molar-refractivity contribution is -0.147. The molecule has 2 unspecified atom stereocenters. The number of aliphatic hydroxyl groups excluding tert-OH is 1. The molecule has 1 aliphatic heterocycles. The maximum Gasteiger partial charge on any atom is 0.323 e. The molecule has 1 aromatic carbocycles. The van der Waals surface area contributed by atoms with E-state index in [1.807, 2.05) is 30.3 Å². The molecule has 2 atom stereocenters. The highest BCUT2D eigenvalue weighted by molar-refractivity contribution is 5.76. The zero-order chi connectivity index (χ0) is 12.1. The fourth-order valence-electron chi connectivity index (χ4n) is 1.96. The Hall–Kier alpha value is -1.39. The molecule has 2 rings (SSSR count). The highest BCUT2D eigenvalue weighted by Gasteiger charge is 2.29. The first-order chi connectivity index (χ1) is 8.29. The quantitative estimate of drug-likeness (QED) is 0.754. The minimum atomic E-state index is -0.268. The van der Waals surface area contributed by atoms with E-state index >= 15 is 0 Å². The molecule has 1 fully saturated rings. The van der Waals surface area contributed by atoms with Gasteiger partial charge in [-0.3, -0.25) is 4.79 Å². The van der Waals surface area contributed by atoms with Crippen molar-refractivity contribution >= 4 is 5.97 Å². The molecule has 1 heterocycles. The molecular weight excluding hydrogens is 218 g/mol. The van der Waals surface area contributed by atoms with Crippen LogP contribution in [0.2, 0.25) is 0 Å². The van der Waals surface area contributed by atoms with E-state index in [9.17, 15) is 4.79 Å². The fraction of sp³-hybridized carbons (Fsp3) is 0.462. The largest absolute Gasteiger partial charge is 0.460 e. The van der Waals surface area contributed by atoms with Crippen LogP contribution in [0.1, 0.15) is 12.0 Å². The standard InChI is InChI=1S/C13H17NO3/c15-8-11-6-12(14-7-11)13(16)17-9-10-4-2-1-3-5-10/h1-5,11-12,14-15H,6-9H2. The number of esters is 1. The average molecular weight is 235 g/mol. The highest BCUT2D eigenvalue weighted by atomic mass is 16.5. The summed E-state index contributed by atoms with van der Waals surface area (Å²) in [6.07, 6.45) is 0.657. The number of hydrogen-bond acceptors (Lipinski definition) is 4. The van der Waals surface area contributed by atoms with Gasteiger partial charge in [0.1, 0.15) is 12.6 Å². The van der Waals surface area contributed by atoms with Crippen molar-refractivity contribution < 1.29 is 14.6 Å². The van der Waals surface area contributed by atoms with Gasteiger partial charge in [0.25, 0.3) is 0 Å². The number of rotatable bonds is 4. The van der Waals surface area contributed by atoms with Crippen LogP contribution in [0.4, 0.5) is 0 Å². The molecule has 1 aliphatic rings. The number of carbonyl (C=O) groups is 1. The molecule has 0 radical (unpaired) electrons. The highest BCUT2D eigenvalue weighted by Crippen LogP contribution is 2.14. The van der Waals surface area contributed by atoms with Crippen molar-refractivity contribution in [3.05, 3.63) is 35.9 Å². The van der Waals surface area contributed by atoms with Crippen molar-refractivity contribution in [1.29, 1.82) is 0 Å². The number of carbonyl (C=O) groups excluding carboxylic acids is 1. The van der Waals surface area contributed by atoms with Crippen molar-refractivity contribution in [2.45, 2.75) is 19.1 Å². The van der Waals surface area contributed by atoms with Crippen molar-refractivity contribution in [1.82, 2.24) is 5.32 Å². The monoisotopic (exact) mass is 235 g/mol. The van der Waals surface area contributed by atoms with Crippen LogP contribution in [0.25, 0.3) is 0 Å². The Morgan fingerprint density at radius 3 is 2.82 bits per heavy atom.